The third kappa shape index (κ3) is 1.63. The van der Waals surface area contributed by atoms with Crippen molar-refractivity contribution in [2.45, 2.75) is 31.5 Å². The Kier molecular flexibility index (Phi) is 2.54. The first-order valence-electron chi connectivity index (χ1n) is 5.67. The van der Waals surface area contributed by atoms with E-state index in [-0.39, 0.29) is 0 Å². The molecule has 2 bridgehead atoms. The molecule has 2 aliphatic rings. The van der Waals surface area contributed by atoms with Gasteiger partial charge in [-0.1, -0.05) is 6.07 Å². The Morgan fingerprint density at radius 3 is 3.13 bits per heavy atom. The van der Waals surface area contributed by atoms with Crippen LogP contribution in [0.2, 0.25) is 0 Å². The van der Waals surface area contributed by atoms with Crippen molar-refractivity contribution in [2.24, 2.45) is 5.92 Å². The number of hydrogen-bond donors (Lipinski definition) is 0. The van der Waals surface area contributed by atoms with Crippen LogP contribution in [0.1, 0.15) is 17.7 Å². The van der Waals surface area contributed by atoms with Gasteiger partial charge in [0.1, 0.15) is 0 Å². The molecule has 1 saturated carbocycles. The van der Waals surface area contributed by atoms with Gasteiger partial charge in [0.2, 0.25) is 0 Å². The molecule has 1 aromatic heterocycles. The quantitative estimate of drug-likeness (QED) is 0.780. The van der Waals surface area contributed by atoms with Gasteiger partial charge in [0.15, 0.2) is 0 Å². The average molecular weight is 223 g/mol. The van der Waals surface area contributed by atoms with Gasteiger partial charge in [0, 0.05) is 31.1 Å². The molecule has 0 aromatic carbocycles. The third-order valence-electron chi connectivity index (χ3n) is 3.83. The van der Waals surface area contributed by atoms with Crippen LogP contribution in [-0.2, 0) is 11.3 Å². The Hall–Kier alpha value is -0.380. The molecule has 0 radical (unpaired) electrons. The summed E-state index contributed by atoms with van der Waals surface area (Å²) >= 11 is 1.86. The summed E-state index contributed by atoms with van der Waals surface area (Å²) < 4.78 is 5.61. The van der Waals surface area contributed by atoms with Gasteiger partial charge in [-0.25, -0.2) is 0 Å². The van der Waals surface area contributed by atoms with E-state index in [0.717, 1.165) is 12.5 Å². The smallest absolute Gasteiger partial charge is 0.0766 e. The number of rotatable bonds is 3. The van der Waals surface area contributed by atoms with Gasteiger partial charge < -0.3 is 4.74 Å². The van der Waals surface area contributed by atoms with Crippen LogP contribution in [0.5, 0.6) is 0 Å². The molecule has 1 aliphatic carbocycles. The summed E-state index contributed by atoms with van der Waals surface area (Å²) in [5.41, 5.74) is 0. The SMILES string of the molecule is COC1C2CCC1N(Cc1cccs1)C2. The van der Waals surface area contributed by atoms with Crippen molar-refractivity contribution in [3.63, 3.8) is 0 Å². The minimum atomic E-state index is 0.505. The largest absolute Gasteiger partial charge is 0.379 e. The van der Waals surface area contributed by atoms with Crippen molar-refractivity contribution in [3.8, 4) is 0 Å². The highest BCUT2D eigenvalue weighted by Gasteiger charge is 2.46. The van der Waals surface area contributed by atoms with E-state index in [1.807, 2.05) is 18.4 Å². The van der Waals surface area contributed by atoms with Crippen molar-refractivity contribution in [1.29, 1.82) is 0 Å². The number of likely N-dealkylation sites (tertiary alicyclic amines) is 1. The summed E-state index contributed by atoms with van der Waals surface area (Å²) in [5, 5.41) is 2.16. The second-order valence-corrected chi connectivity index (χ2v) is 5.65. The lowest BCUT2D eigenvalue weighted by Crippen LogP contribution is -2.34. The number of fused-ring (bicyclic) bond motifs is 2. The Labute approximate surface area is 94.9 Å². The fourth-order valence-corrected chi connectivity index (χ4v) is 3.91. The summed E-state index contributed by atoms with van der Waals surface area (Å²) in [5.74, 6) is 0.792. The first-order valence-corrected chi connectivity index (χ1v) is 6.55. The van der Waals surface area contributed by atoms with Crippen molar-refractivity contribution in [1.82, 2.24) is 4.90 Å². The highest BCUT2D eigenvalue weighted by Crippen LogP contribution is 2.40. The Morgan fingerprint density at radius 1 is 1.53 bits per heavy atom. The van der Waals surface area contributed by atoms with Crippen LogP contribution >= 0.6 is 11.3 Å². The molecule has 1 saturated heterocycles. The number of nitrogens with zero attached hydrogens (tertiary/aromatic N) is 1. The van der Waals surface area contributed by atoms with Crippen molar-refractivity contribution < 1.29 is 4.74 Å². The van der Waals surface area contributed by atoms with Gasteiger partial charge in [-0.2, -0.15) is 0 Å². The zero-order valence-electron chi connectivity index (χ0n) is 9.06. The molecule has 3 heteroatoms. The lowest BCUT2D eigenvalue weighted by Gasteiger charge is -2.26. The Morgan fingerprint density at radius 2 is 2.47 bits per heavy atom. The molecule has 1 aliphatic heterocycles. The minimum absolute atomic E-state index is 0.505. The van der Waals surface area contributed by atoms with Crippen LogP contribution < -0.4 is 0 Å². The van der Waals surface area contributed by atoms with E-state index >= 15 is 0 Å². The number of methoxy groups -OCH3 is 1. The molecule has 3 unspecified atom stereocenters. The van der Waals surface area contributed by atoms with Crippen molar-refractivity contribution in [3.05, 3.63) is 22.4 Å². The molecule has 2 nitrogen and oxygen atoms in total. The molecule has 0 spiro atoms. The molecule has 2 fully saturated rings. The van der Waals surface area contributed by atoms with Gasteiger partial charge in [0.05, 0.1) is 6.10 Å². The average Bonchev–Trinajstić information content (AvgIpc) is 2.92. The molecule has 0 amide bonds. The lowest BCUT2D eigenvalue weighted by atomic mass is 10.1. The van der Waals surface area contributed by atoms with Gasteiger partial charge in [-0.3, -0.25) is 4.90 Å². The Balaban J connectivity index is 1.70. The lowest BCUT2D eigenvalue weighted by molar-refractivity contribution is 0.0682. The molecule has 0 N–H and O–H groups in total. The second kappa shape index (κ2) is 3.89. The molecule has 3 rings (SSSR count). The van der Waals surface area contributed by atoms with E-state index in [0.29, 0.717) is 12.1 Å². The predicted octanol–water partition coefficient (Wildman–Crippen LogP) is 2.36. The van der Waals surface area contributed by atoms with Gasteiger partial charge in [-0.15, -0.1) is 11.3 Å². The molecular weight excluding hydrogens is 206 g/mol. The summed E-state index contributed by atoms with van der Waals surface area (Å²) in [6.45, 7) is 2.36. The van der Waals surface area contributed by atoms with Gasteiger partial charge in [0.25, 0.3) is 0 Å². The molecule has 1 aromatic rings. The van der Waals surface area contributed by atoms with E-state index in [1.165, 1.54) is 24.3 Å². The first-order chi connectivity index (χ1) is 7.38. The van der Waals surface area contributed by atoms with E-state index < -0.39 is 0 Å². The van der Waals surface area contributed by atoms with Crippen molar-refractivity contribution >= 4 is 11.3 Å². The fraction of sp³-hybridized carbons (Fsp3) is 0.667. The summed E-state index contributed by atoms with van der Waals surface area (Å²) in [6, 6.07) is 5.06. The highest BCUT2D eigenvalue weighted by molar-refractivity contribution is 7.09. The van der Waals surface area contributed by atoms with E-state index in [9.17, 15) is 0 Å². The Bertz CT molecular complexity index is 324. The topological polar surface area (TPSA) is 12.5 Å². The number of hydrogen-bond acceptors (Lipinski definition) is 3. The van der Waals surface area contributed by atoms with E-state index in [2.05, 4.69) is 22.4 Å². The standard InChI is InChI=1S/C12H17NOS/c1-14-12-9-4-5-11(12)13(7-9)8-10-3-2-6-15-10/h2-3,6,9,11-12H,4-5,7-8H2,1H3. The molecular formula is C12H17NOS. The maximum atomic E-state index is 5.61. The normalized spacial score (nSPS) is 35.1. The first kappa shape index (κ1) is 9.82. The second-order valence-electron chi connectivity index (χ2n) is 4.61. The van der Waals surface area contributed by atoms with Crippen molar-refractivity contribution in [2.75, 3.05) is 13.7 Å². The maximum Gasteiger partial charge on any atom is 0.0766 e. The van der Waals surface area contributed by atoms with Crippen LogP contribution in [0.3, 0.4) is 0 Å². The summed E-state index contributed by atoms with van der Waals surface area (Å²) in [4.78, 5) is 4.09. The predicted molar refractivity (Wildman–Crippen MR) is 62.0 cm³/mol. The van der Waals surface area contributed by atoms with Crippen LogP contribution in [0.25, 0.3) is 0 Å². The summed E-state index contributed by atoms with van der Waals surface area (Å²) in [7, 11) is 1.87. The summed E-state index contributed by atoms with van der Waals surface area (Å²) in [6.07, 6.45) is 3.20. The van der Waals surface area contributed by atoms with Gasteiger partial charge in [-0.05, 0) is 30.2 Å². The molecule has 82 valence electrons. The van der Waals surface area contributed by atoms with E-state index in [1.54, 1.807) is 0 Å². The van der Waals surface area contributed by atoms with Gasteiger partial charge >= 0.3 is 0 Å². The van der Waals surface area contributed by atoms with E-state index in [4.69, 9.17) is 4.74 Å². The van der Waals surface area contributed by atoms with Crippen LogP contribution in [0.4, 0.5) is 0 Å². The highest BCUT2D eigenvalue weighted by atomic mass is 32.1. The zero-order valence-corrected chi connectivity index (χ0v) is 9.87. The number of ether oxygens (including phenoxy) is 1. The fourth-order valence-electron chi connectivity index (χ4n) is 3.18. The minimum Gasteiger partial charge on any atom is -0.379 e. The van der Waals surface area contributed by atoms with Crippen LogP contribution in [0, 0.1) is 5.92 Å². The third-order valence-corrected chi connectivity index (χ3v) is 4.69. The molecule has 3 atom stereocenters. The van der Waals surface area contributed by atoms with Crippen LogP contribution in [0.15, 0.2) is 17.5 Å². The molecule has 2 heterocycles. The maximum absolute atomic E-state index is 5.61. The number of thiophene rings is 1. The zero-order chi connectivity index (χ0) is 10.3. The molecule has 15 heavy (non-hydrogen) atoms. The number of piperidine rings is 1. The van der Waals surface area contributed by atoms with Crippen LogP contribution in [-0.4, -0.2) is 30.7 Å². The monoisotopic (exact) mass is 223 g/mol.